The summed E-state index contributed by atoms with van der Waals surface area (Å²) in [5, 5.41) is 3.76. The summed E-state index contributed by atoms with van der Waals surface area (Å²) in [6, 6.07) is 27.4. The van der Waals surface area contributed by atoms with Crippen molar-refractivity contribution in [1.29, 1.82) is 0 Å². The highest BCUT2D eigenvalue weighted by Gasteiger charge is 2.24. The highest BCUT2D eigenvalue weighted by molar-refractivity contribution is 5.84. The second-order valence-electron chi connectivity index (χ2n) is 12.6. The minimum Gasteiger partial charge on any atom is -0.376 e. The Hall–Kier alpha value is -4.58. The van der Waals surface area contributed by atoms with Gasteiger partial charge in [0.15, 0.2) is 0 Å². The fourth-order valence-electron chi connectivity index (χ4n) is 5.96. The number of para-hydroxylation sites is 1. The molecule has 6 heteroatoms. The van der Waals surface area contributed by atoms with Gasteiger partial charge in [-0.25, -0.2) is 13.2 Å². The molecule has 0 radical (unpaired) electrons. The number of aromatic nitrogens is 1. The Morgan fingerprint density at radius 3 is 1.70 bits per heavy atom. The number of nitrogens with one attached hydrogen (secondary N) is 1. The van der Waals surface area contributed by atoms with Gasteiger partial charge in [0.25, 0.3) is 0 Å². The lowest BCUT2D eigenvalue weighted by molar-refractivity contribution is 0.609. The molecule has 0 aliphatic heterocycles. The van der Waals surface area contributed by atoms with Crippen molar-refractivity contribution in [3.05, 3.63) is 137 Å². The fraction of sp³-hybridized carbons (Fsp3) is 0.275. The second kappa shape index (κ2) is 13.8. The van der Waals surface area contributed by atoms with Crippen molar-refractivity contribution >= 4 is 11.4 Å². The SMILES string of the molecule is CC(C)c1cccc(C(C)C)c1NC(C)c1cccc(C(C)N(C)c2c(F)cc(-c3ccc(F)cc3)cc2-c2ccc(F)cc2)n1. The van der Waals surface area contributed by atoms with Gasteiger partial charge in [0, 0.05) is 18.3 Å². The van der Waals surface area contributed by atoms with Crippen molar-refractivity contribution in [3.8, 4) is 22.3 Å². The molecule has 1 aromatic heterocycles. The molecule has 46 heavy (non-hydrogen) atoms. The maximum atomic E-state index is 16.2. The summed E-state index contributed by atoms with van der Waals surface area (Å²) in [5.74, 6) is -0.449. The average Bonchev–Trinajstić information content (AvgIpc) is 3.04. The van der Waals surface area contributed by atoms with E-state index in [0.29, 0.717) is 39.8 Å². The summed E-state index contributed by atoms with van der Waals surface area (Å²) in [6.45, 7) is 12.9. The zero-order valence-corrected chi connectivity index (χ0v) is 27.6. The maximum absolute atomic E-state index is 16.2. The van der Waals surface area contributed by atoms with Crippen molar-refractivity contribution < 1.29 is 13.2 Å². The van der Waals surface area contributed by atoms with Gasteiger partial charge < -0.3 is 10.2 Å². The minimum absolute atomic E-state index is 0.0728. The number of pyridine rings is 1. The first-order valence-electron chi connectivity index (χ1n) is 15.9. The molecule has 5 rings (SSSR count). The van der Waals surface area contributed by atoms with Crippen molar-refractivity contribution in [2.24, 2.45) is 0 Å². The Balaban J connectivity index is 1.50. The molecule has 5 aromatic rings. The van der Waals surface area contributed by atoms with E-state index in [0.717, 1.165) is 17.1 Å². The van der Waals surface area contributed by atoms with Gasteiger partial charge in [0.05, 0.1) is 29.2 Å². The first-order valence-corrected chi connectivity index (χ1v) is 15.9. The predicted molar refractivity (Wildman–Crippen MR) is 185 cm³/mol. The Bertz CT molecular complexity index is 1770. The van der Waals surface area contributed by atoms with E-state index in [4.69, 9.17) is 4.98 Å². The third-order valence-electron chi connectivity index (χ3n) is 8.73. The lowest BCUT2D eigenvalue weighted by Crippen LogP contribution is -2.25. The molecule has 0 spiro atoms. The molecule has 2 atom stereocenters. The van der Waals surface area contributed by atoms with Crippen LogP contribution < -0.4 is 10.2 Å². The lowest BCUT2D eigenvalue weighted by Gasteiger charge is -2.30. The van der Waals surface area contributed by atoms with Crippen LogP contribution in [-0.4, -0.2) is 12.0 Å². The molecular formula is C40H42F3N3. The molecule has 2 unspecified atom stereocenters. The van der Waals surface area contributed by atoms with Gasteiger partial charge in [-0.05, 0) is 102 Å². The zero-order valence-electron chi connectivity index (χ0n) is 27.6. The molecule has 1 N–H and O–H groups in total. The number of hydrogen-bond acceptors (Lipinski definition) is 3. The van der Waals surface area contributed by atoms with Crippen LogP contribution in [0.1, 0.15) is 88.0 Å². The van der Waals surface area contributed by atoms with Gasteiger partial charge in [0.2, 0.25) is 0 Å². The topological polar surface area (TPSA) is 28.2 Å². The molecule has 0 aliphatic carbocycles. The largest absolute Gasteiger partial charge is 0.376 e. The van der Waals surface area contributed by atoms with Gasteiger partial charge in [-0.2, -0.15) is 0 Å². The molecule has 238 valence electrons. The van der Waals surface area contributed by atoms with Crippen LogP contribution in [0.2, 0.25) is 0 Å². The molecule has 0 bridgehead atoms. The number of hydrogen-bond donors (Lipinski definition) is 1. The number of rotatable bonds is 10. The van der Waals surface area contributed by atoms with Gasteiger partial charge >= 0.3 is 0 Å². The average molecular weight is 622 g/mol. The third kappa shape index (κ3) is 6.96. The van der Waals surface area contributed by atoms with E-state index in [9.17, 15) is 8.78 Å². The summed E-state index contributed by atoms with van der Waals surface area (Å²) >= 11 is 0. The fourth-order valence-corrected chi connectivity index (χ4v) is 5.96. The summed E-state index contributed by atoms with van der Waals surface area (Å²) in [6.07, 6.45) is 0. The van der Waals surface area contributed by atoms with Crippen LogP contribution in [0.25, 0.3) is 22.3 Å². The van der Waals surface area contributed by atoms with Crippen LogP contribution in [0, 0.1) is 17.5 Å². The van der Waals surface area contributed by atoms with Gasteiger partial charge in [-0.3, -0.25) is 4.98 Å². The standard InChI is InChI=1S/C40H42F3N3/c1-24(2)33-10-8-11-34(25(3)4)39(33)44-26(5)37-12-9-13-38(45-37)27(6)46(7)40-35(29-16-20-32(42)21-17-29)22-30(23-36(40)43)28-14-18-31(41)19-15-28/h8-27,44H,1-7H3. The minimum atomic E-state index is -0.437. The van der Waals surface area contributed by atoms with Crippen LogP contribution in [0.4, 0.5) is 24.5 Å². The summed E-state index contributed by atoms with van der Waals surface area (Å²) in [5.41, 5.74) is 8.31. The maximum Gasteiger partial charge on any atom is 0.147 e. The van der Waals surface area contributed by atoms with Crippen molar-refractivity contribution in [1.82, 2.24) is 4.98 Å². The highest BCUT2D eigenvalue weighted by Crippen LogP contribution is 2.40. The number of nitrogens with zero attached hydrogens (tertiary/aromatic N) is 2. The third-order valence-corrected chi connectivity index (χ3v) is 8.73. The molecule has 1 heterocycles. The number of anilines is 2. The van der Waals surface area contributed by atoms with E-state index in [1.807, 2.05) is 43.1 Å². The van der Waals surface area contributed by atoms with Gasteiger partial charge in [-0.15, -0.1) is 0 Å². The zero-order chi connectivity index (χ0) is 33.1. The Kier molecular flexibility index (Phi) is 9.85. The van der Waals surface area contributed by atoms with Crippen LogP contribution >= 0.6 is 0 Å². The molecule has 4 aromatic carbocycles. The Morgan fingerprint density at radius 1 is 0.609 bits per heavy atom. The number of benzene rings is 4. The molecular weight excluding hydrogens is 579 g/mol. The smallest absolute Gasteiger partial charge is 0.147 e. The van der Waals surface area contributed by atoms with E-state index in [1.54, 1.807) is 24.3 Å². The molecule has 0 amide bonds. The van der Waals surface area contributed by atoms with E-state index in [-0.39, 0.29) is 23.7 Å². The van der Waals surface area contributed by atoms with E-state index in [2.05, 4.69) is 58.1 Å². The predicted octanol–water partition coefficient (Wildman–Crippen LogP) is 11.5. The molecule has 0 saturated carbocycles. The van der Waals surface area contributed by atoms with Crippen LogP contribution in [0.3, 0.4) is 0 Å². The monoisotopic (exact) mass is 621 g/mol. The Labute approximate surface area is 271 Å². The van der Waals surface area contributed by atoms with Crippen molar-refractivity contribution in [2.45, 2.75) is 65.5 Å². The number of halogens is 3. The first-order chi connectivity index (χ1) is 21.9. The summed E-state index contributed by atoms with van der Waals surface area (Å²) < 4.78 is 43.7. The molecule has 0 saturated heterocycles. The van der Waals surface area contributed by atoms with Gasteiger partial charge in [0.1, 0.15) is 17.5 Å². The van der Waals surface area contributed by atoms with Crippen molar-refractivity contribution in [3.63, 3.8) is 0 Å². The first kappa shape index (κ1) is 32.8. The van der Waals surface area contributed by atoms with Gasteiger partial charge in [-0.1, -0.05) is 76.2 Å². The van der Waals surface area contributed by atoms with E-state index in [1.165, 1.54) is 41.5 Å². The highest BCUT2D eigenvalue weighted by atomic mass is 19.1. The summed E-state index contributed by atoms with van der Waals surface area (Å²) in [7, 11) is 1.84. The van der Waals surface area contributed by atoms with Crippen LogP contribution in [-0.2, 0) is 0 Å². The summed E-state index contributed by atoms with van der Waals surface area (Å²) in [4.78, 5) is 6.94. The molecule has 3 nitrogen and oxygen atoms in total. The van der Waals surface area contributed by atoms with Crippen molar-refractivity contribution in [2.75, 3.05) is 17.3 Å². The normalized spacial score (nSPS) is 12.8. The quantitative estimate of drug-likeness (QED) is 0.168. The molecule has 0 aliphatic rings. The van der Waals surface area contributed by atoms with Crippen LogP contribution in [0.5, 0.6) is 0 Å². The Morgan fingerprint density at radius 2 is 1.13 bits per heavy atom. The molecule has 0 fully saturated rings. The van der Waals surface area contributed by atoms with Crippen LogP contribution in [0.15, 0.2) is 97.1 Å². The van der Waals surface area contributed by atoms with E-state index >= 15 is 4.39 Å². The lowest BCUT2D eigenvalue weighted by atomic mass is 9.92. The van der Waals surface area contributed by atoms with E-state index < -0.39 is 5.82 Å². The second-order valence-corrected chi connectivity index (χ2v) is 12.6.